The molecule has 1 saturated heterocycles. The Morgan fingerprint density at radius 2 is 2.05 bits per heavy atom. The summed E-state index contributed by atoms with van der Waals surface area (Å²) in [6.45, 7) is 0.548. The average molecular weight is 312 g/mol. The Morgan fingerprint density at radius 1 is 1.38 bits per heavy atom. The first-order chi connectivity index (χ1) is 9.97. The standard InChI is InChI=1S/C13H14ClN3O4/c14-8-1-3-9(4-2-8)16-13(21)17-6-5-15-12(20)10(17)7-11(18)19/h1-4,10H,5-7H2,(H,15,20)(H,16,21)(H,18,19). The zero-order valence-electron chi connectivity index (χ0n) is 11.0. The maximum atomic E-state index is 12.2. The topological polar surface area (TPSA) is 98.7 Å². The summed E-state index contributed by atoms with van der Waals surface area (Å²) in [5, 5.41) is 14.6. The van der Waals surface area contributed by atoms with Gasteiger partial charge in [0.2, 0.25) is 5.91 Å². The fraction of sp³-hybridized carbons (Fsp3) is 0.308. The Labute approximate surface area is 125 Å². The largest absolute Gasteiger partial charge is 0.481 e. The summed E-state index contributed by atoms with van der Waals surface area (Å²) in [6, 6.07) is 4.96. The molecule has 0 aliphatic carbocycles. The summed E-state index contributed by atoms with van der Waals surface area (Å²) in [6.07, 6.45) is -0.431. The van der Waals surface area contributed by atoms with E-state index in [1.54, 1.807) is 24.3 Å². The summed E-state index contributed by atoms with van der Waals surface area (Å²) in [4.78, 5) is 36.0. The van der Waals surface area contributed by atoms with Gasteiger partial charge < -0.3 is 20.6 Å². The SMILES string of the molecule is O=C(O)CC1C(=O)NCCN1C(=O)Nc1ccc(Cl)cc1. The number of nitrogens with one attached hydrogen (secondary N) is 2. The minimum atomic E-state index is -1.14. The third-order valence-electron chi connectivity index (χ3n) is 3.06. The van der Waals surface area contributed by atoms with Crippen molar-refractivity contribution in [3.63, 3.8) is 0 Å². The third kappa shape index (κ3) is 3.85. The van der Waals surface area contributed by atoms with Crippen LogP contribution in [-0.4, -0.2) is 47.0 Å². The number of aliphatic carboxylic acids is 1. The van der Waals surface area contributed by atoms with Gasteiger partial charge in [0.15, 0.2) is 0 Å². The molecule has 1 aromatic carbocycles. The normalized spacial score (nSPS) is 18.0. The van der Waals surface area contributed by atoms with Crippen LogP contribution in [0.3, 0.4) is 0 Å². The van der Waals surface area contributed by atoms with Crippen LogP contribution in [0.2, 0.25) is 5.02 Å². The van der Waals surface area contributed by atoms with Crippen molar-refractivity contribution in [2.24, 2.45) is 0 Å². The van der Waals surface area contributed by atoms with Crippen LogP contribution in [0, 0.1) is 0 Å². The number of carbonyl (C=O) groups is 3. The van der Waals surface area contributed by atoms with Gasteiger partial charge in [-0.25, -0.2) is 4.79 Å². The number of hydrogen-bond acceptors (Lipinski definition) is 3. The second-order valence-electron chi connectivity index (χ2n) is 4.54. The average Bonchev–Trinajstić information content (AvgIpc) is 2.43. The van der Waals surface area contributed by atoms with Gasteiger partial charge in [0.05, 0.1) is 6.42 Å². The summed E-state index contributed by atoms with van der Waals surface area (Å²) >= 11 is 5.76. The summed E-state index contributed by atoms with van der Waals surface area (Å²) in [7, 11) is 0. The molecule has 2 rings (SSSR count). The lowest BCUT2D eigenvalue weighted by Gasteiger charge is -2.34. The zero-order valence-corrected chi connectivity index (χ0v) is 11.8. The van der Waals surface area contributed by atoms with Crippen LogP contribution >= 0.6 is 11.6 Å². The molecule has 0 spiro atoms. The highest BCUT2D eigenvalue weighted by Crippen LogP contribution is 2.16. The van der Waals surface area contributed by atoms with Crippen molar-refractivity contribution < 1.29 is 19.5 Å². The minimum absolute atomic E-state index is 0.253. The Balaban J connectivity index is 2.09. The van der Waals surface area contributed by atoms with E-state index in [9.17, 15) is 14.4 Å². The molecular weight excluding hydrogens is 298 g/mol. The van der Waals surface area contributed by atoms with Crippen molar-refractivity contribution in [3.05, 3.63) is 29.3 Å². The van der Waals surface area contributed by atoms with Crippen LogP contribution in [0.5, 0.6) is 0 Å². The zero-order chi connectivity index (χ0) is 15.4. The number of rotatable bonds is 3. The highest BCUT2D eigenvalue weighted by molar-refractivity contribution is 6.30. The van der Waals surface area contributed by atoms with Gasteiger partial charge in [0.1, 0.15) is 6.04 Å². The van der Waals surface area contributed by atoms with Gasteiger partial charge in [-0.1, -0.05) is 11.6 Å². The van der Waals surface area contributed by atoms with Crippen molar-refractivity contribution in [1.29, 1.82) is 0 Å². The molecule has 1 aromatic rings. The lowest BCUT2D eigenvalue weighted by Crippen LogP contribution is -2.58. The molecule has 1 unspecified atom stereocenters. The fourth-order valence-electron chi connectivity index (χ4n) is 2.05. The Kier molecular flexibility index (Phi) is 4.64. The van der Waals surface area contributed by atoms with Gasteiger partial charge in [0.25, 0.3) is 0 Å². The number of carboxylic acid groups (broad SMARTS) is 1. The number of urea groups is 1. The van der Waals surface area contributed by atoms with E-state index in [1.807, 2.05) is 0 Å². The number of carbonyl (C=O) groups excluding carboxylic acids is 2. The molecule has 0 saturated carbocycles. The molecule has 3 N–H and O–H groups in total. The monoisotopic (exact) mass is 311 g/mol. The molecule has 1 aliphatic heterocycles. The second kappa shape index (κ2) is 6.45. The molecular formula is C13H14ClN3O4. The molecule has 112 valence electrons. The molecule has 1 heterocycles. The maximum Gasteiger partial charge on any atom is 0.322 e. The third-order valence-corrected chi connectivity index (χ3v) is 3.31. The lowest BCUT2D eigenvalue weighted by atomic mass is 10.1. The highest BCUT2D eigenvalue weighted by Gasteiger charge is 2.34. The van der Waals surface area contributed by atoms with Crippen LogP contribution < -0.4 is 10.6 Å². The first-order valence-electron chi connectivity index (χ1n) is 6.30. The smallest absolute Gasteiger partial charge is 0.322 e. The van der Waals surface area contributed by atoms with E-state index in [1.165, 1.54) is 4.90 Å². The molecule has 1 fully saturated rings. The van der Waals surface area contributed by atoms with Crippen LogP contribution in [0.1, 0.15) is 6.42 Å². The van der Waals surface area contributed by atoms with E-state index in [0.717, 1.165) is 0 Å². The van der Waals surface area contributed by atoms with E-state index in [4.69, 9.17) is 16.7 Å². The predicted octanol–water partition coefficient (Wildman–Crippen LogP) is 1.15. The summed E-state index contributed by atoms with van der Waals surface area (Å²) in [5.41, 5.74) is 0.518. The number of amides is 3. The summed E-state index contributed by atoms with van der Waals surface area (Å²) < 4.78 is 0. The predicted molar refractivity (Wildman–Crippen MR) is 76.2 cm³/mol. The van der Waals surface area contributed by atoms with Crippen molar-refractivity contribution in [2.75, 3.05) is 18.4 Å². The quantitative estimate of drug-likeness (QED) is 0.779. The Morgan fingerprint density at radius 3 is 2.67 bits per heavy atom. The number of nitrogens with zero attached hydrogens (tertiary/aromatic N) is 1. The van der Waals surface area contributed by atoms with Crippen molar-refractivity contribution in [3.8, 4) is 0 Å². The number of hydrogen-bond donors (Lipinski definition) is 3. The minimum Gasteiger partial charge on any atom is -0.481 e. The van der Waals surface area contributed by atoms with Gasteiger partial charge in [-0.05, 0) is 24.3 Å². The Hall–Kier alpha value is -2.28. The molecule has 1 atom stereocenters. The highest BCUT2D eigenvalue weighted by atomic mass is 35.5. The molecule has 8 heteroatoms. The van der Waals surface area contributed by atoms with E-state index in [2.05, 4.69) is 10.6 Å². The molecule has 1 aliphatic rings. The first kappa shape index (κ1) is 15.1. The van der Waals surface area contributed by atoms with E-state index in [-0.39, 0.29) is 6.54 Å². The molecule has 0 bridgehead atoms. The van der Waals surface area contributed by atoms with Crippen molar-refractivity contribution >= 4 is 35.2 Å². The van der Waals surface area contributed by atoms with Gasteiger partial charge >= 0.3 is 12.0 Å². The van der Waals surface area contributed by atoms with Crippen LogP contribution in [0.15, 0.2) is 24.3 Å². The van der Waals surface area contributed by atoms with Gasteiger partial charge in [-0.2, -0.15) is 0 Å². The van der Waals surface area contributed by atoms with Crippen LogP contribution in [0.25, 0.3) is 0 Å². The van der Waals surface area contributed by atoms with E-state index in [0.29, 0.717) is 17.3 Å². The summed E-state index contributed by atoms with van der Waals surface area (Å²) in [5.74, 6) is -1.60. The number of halogens is 1. The molecule has 0 radical (unpaired) electrons. The molecule has 7 nitrogen and oxygen atoms in total. The van der Waals surface area contributed by atoms with E-state index >= 15 is 0 Å². The number of benzene rings is 1. The fourth-order valence-corrected chi connectivity index (χ4v) is 2.18. The van der Waals surface area contributed by atoms with Crippen molar-refractivity contribution in [2.45, 2.75) is 12.5 Å². The molecule has 0 aromatic heterocycles. The molecule has 21 heavy (non-hydrogen) atoms. The van der Waals surface area contributed by atoms with Gasteiger partial charge in [-0.3, -0.25) is 9.59 Å². The second-order valence-corrected chi connectivity index (χ2v) is 4.97. The van der Waals surface area contributed by atoms with Crippen LogP contribution in [-0.2, 0) is 9.59 Å². The van der Waals surface area contributed by atoms with Crippen LogP contribution in [0.4, 0.5) is 10.5 Å². The number of anilines is 1. The van der Waals surface area contributed by atoms with E-state index < -0.39 is 30.4 Å². The first-order valence-corrected chi connectivity index (χ1v) is 6.68. The number of piperazine rings is 1. The lowest BCUT2D eigenvalue weighted by molar-refractivity contribution is -0.142. The molecule has 3 amide bonds. The maximum absolute atomic E-state index is 12.2. The Bertz CT molecular complexity index is 561. The van der Waals surface area contributed by atoms with Crippen molar-refractivity contribution in [1.82, 2.24) is 10.2 Å². The van der Waals surface area contributed by atoms with Gasteiger partial charge in [0, 0.05) is 23.8 Å². The number of carboxylic acids is 1. The van der Waals surface area contributed by atoms with Gasteiger partial charge in [-0.15, -0.1) is 0 Å².